The average molecular weight is 471 g/mol. The van der Waals surface area contributed by atoms with Crippen LogP contribution in [0.1, 0.15) is 37.7 Å². The van der Waals surface area contributed by atoms with Gasteiger partial charge in [-0.25, -0.2) is 0 Å². The van der Waals surface area contributed by atoms with Gasteiger partial charge in [0.15, 0.2) is 5.96 Å². The lowest BCUT2D eigenvalue weighted by Gasteiger charge is -2.27. The van der Waals surface area contributed by atoms with E-state index in [-0.39, 0.29) is 24.0 Å². The maximum absolute atomic E-state index is 5.78. The Morgan fingerprint density at radius 3 is 3.00 bits per heavy atom. The molecule has 6 heteroatoms. The van der Waals surface area contributed by atoms with Crippen molar-refractivity contribution in [2.45, 2.75) is 32.1 Å². The third-order valence-corrected chi connectivity index (χ3v) is 5.80. The summed E-state index contributed by atoms with van der Waals surface area (Å²) in [5.74, 6) is 2.54. The van der Waals surface area contributed by atoms with E-state index in [0.717, 1.165) is 64.1 Å². The average Bonchev–Trinajstić information content (AvgIpc) is 3.29. The van der Waals surface area contributed by atoms with Crippen molar-refractivity contribution in [2.75, 3.05) is 46.0 Å². The Morgan fingerprint density at radius 2 is 2.19 bits per heavy atom. The Labute approximate surface area is 173 Å². The zero-order chi connectivity index (χ0) is 17.1. The lowest BCUT2D eigenvalue weighted by molar-refractivity contribution is 0.156. The highest BCUT2D eigenvalue weighted by Crippen LogP contribution is 2.38. The van der Waals surface area contributed by atoms with Gasteiger partial charge in [-0.05, 0) is 37.8 Å². The number of para-hydroxylation sites is 1. The molecule has 1 N–H and O–H groups in total. The molecule has 1 spiro atoms. The largest absolute Gasteiger partial charge is 0.493 e. The molecule has 0 amide bonds. The van der Waals surface area contributed by atoms with E-state index in [1.54, 1.807) is 0 Å². The number of guanidine groups is 1. The summed E-state index contributed by atoms with van der Waals surface area (Å²) in [6, 6.07) is 8.39. The van der Waals surface area contributed by atoms with E-state index < -0.39 is 0 Å². The van der Waals surface area contributed by atoms with Crippen LogP contribution in [-0.4, -0.2) is 56.9 Å². The van der Waals surface area contributed by atoms with Crippen LogP contribution in [0.2, 0.25) is 0 Å². The quantitative estimate of drug-likeness (QED) is 0.418. The van der Waals surface area contributed by atoms with Crippen LogP contribution < -0.4 is 10.1 Å². The third kappa shape index (κ3) is 4.11. The molecule has 3 heterocycles. The monoisotopic (exact) mass is 471 g/mol. The summed E-state index contributed by atoms with van der Waals surface area (Å²) in [5, 5.41) is 3.50. The van der Waals surface area contributed by atoms with Gasteiger partial charge in [-0.1, -0.05) is 18.2 Å². The van der Waals surface area contributed by atoms with E-state index in [2.05, 4.69) is 35.3 Å². The highest BCUT2D eigenvalue weighted by Gasteiger charge is 2.42. The Kier molecular flexibility index (Phi) is 6.66. The molecule has 26 heavy (non-hydrogen) atoms. The van der Waals surface area contributed by atoms with E-state index in [4.69, 9.17) is 14.5 Å². The summed E-state index contributed by atoms with van der Waals surface area (Å²) in [6.07, 6.45) is 3.45. The molecular weight excluding hydrogens is 441 g/mol. The molecule has 2 saturated heterocycles. The Morgan fingerprint density at radius 1 is 1.31 bits per heavy atom. The van der Waals surface area contributed by atoms with E-state index in [1.807, 2.05) is 6.07 Å². The summed E-state index contributed by atoms with van der Waals surface area (Å²) in [6.45, 7) is 8.65. The fourth-order valence-electron chi connectivity index (χ4n) is 4.32. The maximum Gasteiger partial charge on any atom is 0.193 e. The van der Waals surface area contributed by atoms with Gasteiger partial charge in [-0.3, -0.25) is 4.99 Å². The minimum atomic E-state index is 0. The van der Waals surface area contributed by atoms with E-state index in [0.29, 0.717) is 11.3 Å². The number of ether oxygens (including phenoxy) is 2. The first-order valence-corrected chi connectivity index (χ1v) is 9.62. The summed E-state index contributed by atoms with van der Waals surface area (Å²) in [7, 11) is 0. The van der Waals surface area contributed by atoms with Crippen LogP contribution in [0.4, 0.5) is 0 Å². The van der Waals surface area contributed by atoms with Crippen molar-refractivity contribution in [3.05, 3.63) is 29.8 Å². The summed E-state index contributed by atoms with van der Waals surface area (Å²) < 4.78 is 11.4. The zero-order valence-electron chi connectivity index (χ0n) is 15.6. The predicted octanol–water partition coefficient (Wildman–Crippen LogP) is 3.25. The minimum absolute atomic E-state index is 0. The molecule has 3 aliphatic heterocycles. The molecular formula is C20H30IN3O2. The van der Waals surface area contributed by atoms with Crippen molar-refractivity contribution < 1.29 is 9.47 Å². The van der Waals surface area contributed by atoms with Gasteiger partial charge in [0.2, 0.25) is 0 Å². The molecule has 0 bridgehead atoms. The number of nitrogens with zero attached hydrogens (tertiary/aromatic N) is 2. The van der Waals surface area contributed by atoms with Crippen LogP contribution in [0.15, 0.2) is 29.3 Å². The van der Waals surface area contributed by atoms with Crippen LogP contribution in [0.5, 0.6) is 5.75 Å². The SMILES string of the molecule is CCNC(=NCC1CCOc2ccccc21)N1CCC2(CCOC2)C1.I. The second-order valence-corrected chi connectivity index (χ2v) is 7.54. The second kappa shape index (κ2) is 8.78. The minimum Gasteiger partial charge on any atom is -0.493 e. The molecule has 2 unspecified atom stereocenters. The molecule has 1 aromatic rings. The van der Waals surface area contributed by atoms with Gasteiger partial charge in [0, 0.05) is 44.1 Å². The Hall–Kier alpha value is -1.02. The number of hydrogen-bond acceptors (Lipinski definition) is 3. The van der Waals surface area contributed by atoms with Crippen molar-refractivity contribution in [3.8, 4) is 5.75 Å². The van der Waals surface area contributed by atoms with Crippen LogP contribution >= 0.6 is 24.0 Å². The highest BCUT2D eigenvalue weighted by atomic mass is 127. The number of nitrogens with one attached hydrogen (secondary N) is 1. The van der Waals surface area contributed by atoms with Gasteiger partial charge >= 0.3 is 0 Å². The van der Waals surface area contributed by atoms with Crippen LogP contribution in [-0.2, 0) is 4.74 Å². The van der Waals surface area contributed by atoms with Gasteiger partial charge in [0.1, 0.15) is 5.75 Å². The van der Waals surface area contributed by atoms with Crippen molar-refractivity contribution in [2.24, 2.45) is 10.4 Å². The smallest absolute Gasteiger partial charge is 0.193 e. The molecule has 2 fully saturated rings. The van der Waals surface area contributed by atoms with E-state index in [9.17, 15) is 0 Å². The number of likely N-dealkylation sites (tertiary alicyclic amines) is 1. The van der Waals surface area contributed by atoms with E-state index in [1.165, 1.54) is 18.4 Å². The predicted molar refractivity (Wildman–Crippen MR) is 115 cm³/mol. The number of fused-ring (bicyclic) bond motifs is 1. The van der Waals surface area contributed by atoms with Crippen LogP contribution in [0.3, 0.4) is 0 Å². The molecule has 0 saturated carbocycles. The number of rotatable bonds is 3. The van der Waals surface area contributed by atoms with Gasteiger partial charge in [-0.15, -0.1) is 24.0 Å². The molecule has 0 aromatic heterocycles. The number of benzene rings is 1. The van der Waals surface area contributed by atoms with Crippen molar-refractivity contribution in [3.63, 3.8) is 0 Å². The molecule has 2 atom stereocenters. The number of aliphatic imine (C=N–C) groups is 1. The second-order valence-electron chi connectivity index (χ2n) is 7.54. The summed E-state index contributed by atoms with van der Waals surface area (Å²) in [5.41, 5.74) is 1.66. The summed E-state index contributed by atoms with van der Waals surface area (Å²) >= 11 is 0. The van der Waals surface area contributed by atoms with Crippen molar-refractivity contribution >= 4 is 29.9 Å². The van der Waals surface area contributed by atoms with Crippen molar-refractivity contribution in [1.82, 2.24) is 10.2 Å². The third-order valence-electron chi connectivity index (χ3n) is 5.80. The first-order valence-electron chi connectivity index (χ1n) is 9.62. The normalized spacial score (nSPS) is 27.8. The number of hydrogen-bond donors (Lipinski definition) is 1. The molecule has 1 aromatic carbocycles. The molecule has 3 aliphatic rings. The molecule has 0 aliphatic carbocycles. The zero-order valence-corrected chi connectivity index (χ0v) is 17.9. The lowest BCUT2D eigenvalue weighted by atomic mass is 9.87. The van der Waals surface area contributed by atoms with Gasteiger partial charge < -0.3 is 19.7 Å². The number of halogens is 1. The molecule has 5 nitrogen and oxygen atoms in total. The molecule has 0 radical (unpaired) electrons. The first kappa shape index (κ1) is 19.7. The van der Waals surface area contributed by atoms with E-state index >= 15 is 0 Å². The topological polar surface area (TPSA) is 46.1 Å². The highest BCUT2D eigenvalue weighted by molar-refractivity contribution is 14.0. The fourth-order valence-corrected chi connectivity index (χ4v) is 4.32. The first-order chi connectivity index (χ1) is 12.3. The van der Waals surface area contributed by atoms with Gasteiger partial charge in [0.05, 0.1) is 13.2 Å². The maximum atomic E-state index is 5.78. The van der Waals surface area contributed by atoms with Crippen LogP contribution in [0.25, 0.3) is 0 Å². The van der Waals surface area contributed by atoms with Crippen LogP contribution in [0, 0.1) is 5.41 Å². The molecule has 4 rings (SSSR count). The Balaban J connectivity index is 0.00000196. The van der Waals surface area contributed by atoms with Gasteiger partial charge in [0.25, 0.3) is 0 Å². The molecule has 144 valence electrons. The lowest BCUT2D eigenvalue weighted by Crippen LogP contribution is -2.41. The van der Waals surface area contributed by atoms with Crippen molar-refractivity contribution in [1.29, 1.82) is 0 Å². The van der Waals surface area contributed by atoms with Gasteiger partial charge in [-0.2, -0.15) is 0 Å². The summed E-state index contributed by atoms with van der Waals surface area (Å²) in [4.78, 5) is 7.44. The standard InChI is InChI=1S/C20H29N3O2.HI/c1-2-21-19(23-10-8-20(14-23)9-12-24-15-20)22-13-16-7-11-25-18-6-4-3-5-17(16)18;/h3-6,16H,2,7-15H2,1H3,(H,21,22);1H. The fraction of sp³-hybridized carbons (Fsp3) is 0.650. The Bertz CT molecular complexity index is 631.